The summed E-state index contributed by atoms with van der Waals surface area (Å²) in [5, 5.41) is 0.309. The number of benzene rings is 1. The Kier molecular flexibility index (Phi) is 5.11. The van der Waals surface area contributed by atoms with E-state index in [4.69, 9.17) is 21.1 Å². The van der Waals surface area contributed by atoms with Crippen LogP contribution in [0, 0.1) is 0 Å². The van der Waals surface area contributed by atoms with Crippen molar-refractivity contribution >= 4 is 17.6 Å². The van der Waals surface area contributed by atoms with Gasteiger partial charge in [-0.25, -0.2) is 14.8 Å². The van der Waals surface area contributed by atoms with Crippen LogP contribution in [-0.4, -0.2) is 22.5 Å². The molecule has 5 nitrogen and oxygen atoms in total. The Balaban J connectivity index is 2.03. The van der Waals surface area contributed by atoms with Crippen molar-refractivity contribution in [3.8, 4) is 5.75 Å². The highest BCUT2D eigenvalue weighted by Gasteiger charge is 2.15. The van der Waals surface area contributed by atoms with Gasteiger partial charge in [0.15, 0.2) is 0 Å². The van der Waals surface area contributed by atoms with Gasteiger partial charge in [0.25, 0.3) is 0 Å². The van der Waals surface area contributed by atoms with E-state index in [1.807, 2.05) is 6.92 Å². The summed E-state index contributed by atoms with van der Waals surface area (Å²) in [7, 11) is 0. The molecule has 0 saturated heterocycles. The SMILES string of the molecule is CCOc1ccc(C(=O)OC(C)c2cc(Cl)ncn2)cc1. The monoisotopic (exact) mass is 306 g/mol. The maximum Gasteiger partial charge on any atom is 0.338 e. The third kappa shape index (κ3) is 4.16. The number of esters is 1. The van der Waals surface area contributed by atoms with Crippen molar-refractivity contribution < 1.29 is 14.3 Å². The standard InChI is InChI=1S/C15H15ClN2O3/c1-3-20-12-6-4-11(5-7-12)15(19)21-10(2)13-8-14(16)18-9-17-13/h4-10H,3H2,1-2H3. The smallest absolute Gasteiger partial charge is 0.338 e. The minimum absolute atomic E-state index is 0.309. The van der Waals surface area contributed by atoms with E-state index < -0.39 is 12.1 Å². The van der Waals surface area contributed by atoms with E-state index in [9.17, 15) is 4.79 Å². The van der Waals surface area contributed by atoms with Gasteiger partial charge in [0.1, 0.15) is 23.3 Å². The summed E-state index contributed by atoms with van der Waals surface area (Å²) in [6.45, 7) is 4.21. The van der Waals surface area contributed by atoms with Crippen molar-refractivity contribution in [3.63, 3.8) is 0 Å². The molecule has 1 heterocycles. The van der Waals surface area contributed by atoms with Crippen LogP contribution in [0.2, 0.25) is 5.15 Å². The fourth-order valence-electron chi connectivity index (χ4n) is 1.71. The molecule has 0 fully saturated rings. The van der Waals surface area contributed by atoms with Crippen LogP contribution >= 0.6 is 11.6 Å². The molecule has 0 radical (unpaired) electrons. The van der Waals surface area contributed by atoms with Gasteiger partial charge in [-0.05, 0) is 38.1 Å². The lowest BCUT2D eigenvalue weighted by molar-refractivity contribution is 0.0329. The molecule has 21 heavy (non-hydrogen) atoms. The number of aromatic nitrogens is 2. The molecule has 110 valence electrons. The Morgan fingerprint density at radius 3 is 2.62 bits per heavy atom. The number of nitrogens with zero attached hydrogens (tertiary/aromatic N) is 2. The number of halogens is 1. The number of carbonyl (C=O) groups excluding carboxylic acids is 1. The number of hydrogen-bond acceptors (Lipinski definition) is 5. The summed E-state index contributed by atoms with van der Waals surface area (Å²) in [6, 6.07) is 8.34. The summed E-state index contributed by atoms with van der Waals surface area (Å²) < 4.78 is 10.7. The first-order valence-electron chi connectivity index (χ1n) is 6.51. The lowest BCUT2D eigenvalue weighted by Crippen LogP contribution is -2.10. The summed E-state index contributed by atoms with van der Waals surface area (Å²) in [5.74, 6) is 0.282. The second-order valence-electron chi connectivity index (χ2n) is 4.27. The van der Waals surface area contributed by atoms with E-state index in [-0.39, 0.29) is 0 Å². The highest BCUT2D eigenvalue weighted by atomic mass is 35.5. The van der Waals surface area contributed by atoms with Crippen molar-refractivity contribution in [1.29, 1.82) is 0 Å². The number of carbonyl (C=O) groups is 1. The van der Waals surface area contributed by atoms with Gasteiger partial charge < -0.3 is 9.47 Å². The average molecular weight is 307 g/mol. The molecular formula is C15H15ClN2O3. The topological polar surface area (TPSA) is 61.3 Å². The Labute approximate surface area is 127 Å². The van der Waals surface area contributed by atoms with Gasteiger partial charge >= 0.3 is 5.97 Å². The summed E-state index contributed by atoms with van der Waals surface area (Å²) in [5.41, 5.74) is 1.000. The van der Waals surface area contributed by atoms with Crippen LogP contribution in [0.1, 0.15) is 36.0 Å². The molecule has 0 aliphatic carbocycles. The molecule has 1 aromatic carbocycles. The molecule has 0 spiro atoms. The molecule has 1 unspecified atom stereocenters. The molecule has 1 aromatic heterocycles. The molecule has 2 aromatic rings. The van der Waals surface area contributed by atoms with Crippen LogP contribution in [0.5, 0.6) is 5.75 Å². The normalized spacial score (nSPS) is 11.8. The fraction of sp³-hybridized carbons (Fsp3) is 0.267. The van der Waals surface area contributed by atoms with Gasteiger partial charge in [0.2, 0.25) is 0 Å². The second kappa shape index (κ2) is 7.04. The van der Waals surface area contributed by atoms with Gasteiger partial charge in [-0.1, -0.05) is 11.6 Å². The van der Waals surface area contributed by atoms with Crippen LogP contribution < -0.4 is 4.74 Å². The molecule has 0 N–H and O–H groups in total. The van der Waals surface area contributed by atoms with Gasteiger partial charge in [-0.15, -0.1) is 0 Å². The minimum Gasteiger partial charge on any atom is -0.494 e. The van der Waals surface area contributed by atoms with Gasteiger partial charge in [-0.3, -0.25) is 0 Å². The van der Waals surface area contributed by atoms with E-state index >= 15 is 0 Å². The number of hydrogen-bond donors (Lipinski definition) is 0. The average Bonchev–Trinajstić information content (AvgIpc) is 2.48. The first-order chi connectivity index (χ1) is 10.1. The second-order valence-corrected chi connectivity index (χ2v) is 4.66. The molecule has 0 saturated carbocycles. The third-order valence-corrected chi connectivity index (χ3v) is 2.96. The van der Waals surface area contributed by atoms with E-state index in [0.29, 0.717) is 28.8 Å². The van der Waals surface area contributed by atoms with E-state index in [2.05, 4.69) is 9.97 Å². The molecule has 0 bridgehead atoms. The Morgan fingerprint density at radius 1 is 1.29 bits per heavy atom. The summed E-state index contributed by atoms with van der Waals surface area (Å²) in [6.07, 6.45) is 0.823. The van der Waals surface area contributed by atoms with Crippen LogP contribution in [0.3, 0.4) is 0 Å². The maximum absolute atomic E-state index is 12.0. The largest absolute Gasteiger partial charge is 0.494 e. The molecule has 2 rings (SSSR count). The first-order valence-corrected chi connectivity index (χ1v) is 6.89. The van der Waals surface area contributed by atoms with Gasteiger partial charge in [-0.2, -0.15) is 0 Å². The van der Waals surface area contributed by atoms with E-state index in [1.165, 1.54) is 6.33 Å². The van der Waals surface area contributed by atoms with Crippen LogP contribution in [0.25, 0.3) is 0 Å². The Morgan fingerprint density at radius 2 is 2.00 bits per heavy atom. The quantitative estimate of drug-likeness (QED) is 0.625. The third-order valence-electron chi connectivity index (χ3n) is 2.76. The molecule has 0 aliphatic rings. The fourth-order valence-corrected chi connectivity index (χ4v) is 1.87. The van der Waals surface area contributed by atoms with E-state index in [1.54, 1.807) is 37.3 Å². The predicted octanol–water partition coefficient (Wildman–Crippen LogP) is 3.45. The Hall–Kier alpha value is -2.14. The zero-order chi connectivity index (χ0) is 15.2. The Bertz CT molecular complexity index is 617. The van der Waals surface area contributed by atoms with Gasteiger partial charge in [0.05, 0.1) is 17.9 Å². The van der Waals surface area contributed by atoms with E-state index in [0.717, 1.165) is 0 Å². The van der Waals surface area contributed by atoms with Crippen LogP contribution in [0.15, 0.2) is 36.7 Å². The molecular weight excluding hydrogens is 292 g/mol. The lowest BCUT2D eigenvalue weighted by Gasteiger charge is -2.13. The highest BCUT2D eigenvalue weighted by molar-refractivity contribution is 6.29. The van der Waals surface area contributed by atoms with Gasteiger partial charge in [0, 0.05) is 6.07 Å². The molecule has 6 heteroatoms. The summed E-state index contributed by atoms with van der Waals surface area (Å²) in [4.78, 5) is 19.9. The minimum atomic E-state index is -0.510. The van der Waals surface area contributed by atoms with Crippen molar-refractivity contribution in [2.24, 2.45) is 0 Å². The maximum atomic E-state index is 12.0. The summed E-state index contributed by atoms with van der Waals surface area (Å²) >= 11 is 5.78. The molecule has 1 atom stereocenters. The molecule has 0 amide bonds. The predicted molar refractivity (Wildman–Crippen MR) is 78.5 cm³/mol. The highest BCUT2D eigenvalue weighted by Crippen LogP contribution is 2.19. The first kappa shape index (κ1) is 15.3. The lowest BCUT2D eigenvalue weighted by atomic mass is 10.2. The zero-order valence-electron chi connectivity index (χ0n) is 11.7. The van der Waals surface area contributed by atoms with Crippen LogP contribution in [0.4, 0.5) is 0 Å². The number of rotatable bonds is 5. The van der Waals surface area contributed by atoms with Crippen LogP contribution in [-0.2, 0) is 4.74 Å². The van der Waals surface area contributed by atoms with Crippen molar-refractivity contribution in [2.75, 3.05) is 6.61 Å². The van der Waals surface area contributed by atoms with Crippen molar-refractivity contribution in [1.82, 2.24) is 9.97 Å². The van der Waals surface area contributed by atoms with Crippen molar-refractivity contribution in [3.05, 3.63) is 53.1 Å². The molecule has 0 aliphatic heterocycles. The van der Waals surface area contributed by atoms with Crippen molar-refractivity contribution in [2.45, 2.75) is 20.0 Å². The number of ether oxygens (including phenoxy) is 2. The zero-order valence-corrected chi connectivity index (χ0v) is 12.5.